The maximum absolute atomic E-state index is 12.1. The number of hydrogen-bond donors (Lipinski definition) is 0. The summed E-state index contributed by atoms with van der Waals surface area (Å²) in [5.41, 5.74) is 0.792. The van der Waals surface area contributed by atoms with Gasteiger partial charge in [0.15, 0.2) is 6.61 Å². The third-order valence-corrected chi connectivity index (χ3v) is 3.73. The Bertz CT molecular complexity index is 834. The summed E-state index contributed by atoms with van der Waals surface area (Å²) in [6.45, 7) is 0.149. The van der Waals surface area contributed by atoms with Gasteiger partial charge in [-0.25, -0.2) is 0 Å². The van der Waals surface area contributed by atoms with E-state index in [0.717, 1.165) is 5.56 Å². The van der Waals surface area contributed by atoms with Gasteiger partial charge in [0.1, 0.15) is 5.75 Å². The average molecular weight is 358 g/mol. The lowest BCUT2D eigenvalue weighted by Gasteiger charge is -2.15. The Balaban J connectivity index is 1.56. The van der Waals surface area contributed by atoms with Crippen LogP contribution in [0.5, 0.6) is 5.75 Å². The molecule has 0 aliphatic heterocycles. The maximum atomic E-state index is 12.1. The smallest absolute Gasteiger partial charge is 0.260 e. The molecule has 1 aromatic heterocycles. The topological polar surface area (TPSA) is 68.5 Å². The Morgan fingerprint density at radius 1 is 1.16 bits per heavy atom. The average Bonchev–Trinajstić information content (AvgIpc) is 3.09. The molecule has 6 nitrogen and oxygen atoms in total. The number of aromatic nitrogens is 2. The van der Waals surface area contributed by atoms with Crippen molar-refractivity contribution in [2.24, 2.45) is 0 Å². The van der Waals surface area contributed by atoms with Crippen molar-refractivity contribution in [3.63, 3.8) is 0 Å². The van der Waals surface area contributed by atoms with Crippen molar-refractivity contribution in [3.8, 4) is 17.1 Å². The summed E-state index contributed by atoms with van der Waals surface area (Å²) in [5, 5.41) is 4.56. The van der Waals surface area contributed by atoms with E-state index in [9.17, 15) is 4.79 Å². The van der Waals surface area contributed by atoms with Gasteiger partial charge in [0.05, 0.1) is 6.54 Å². The van der Waals surface area contributed by atoms with Gasteiger partial charge < -0.3 is 14.2 Å². The molecule has 2 aromatic carbocycles. The molecule has 0 N–H and O–H groups in total. The third kappa shape index (κ3) is 4.58. The van der Waals surface area contributed by atoms with E-state index in [0.29, 0.717) is 22.5 Å². The van der Waals surface area contributed by atoms with E-state index in [1.165, 1.54) is 4.90 Å². The van der Waals surface area contributed by atoms with Crippen LogP contribution >= 0.6 is 11.6 Å². The number of likely N-dealkylation sites (N-methyl/N-ethyl adjacent to an activating group) is 1. The van der Waals surface area contributed by atoms with Crippen molar-refractivity contribution in [2.75, 3.05) is 13.7 Å². The zero-order chi connectivity index (χ0) is 17.6. The van der Waals surface area contributed by atoms with Crippen molar-refractivity contribution in [1.29, 1.82) is 0 Å². The summed E-state index contributed by atoms with van der Waals surface area (Å²) in [4.78, 5) is 17.9. The monoisotopic (exact) mass is 357 g/mol. The number of nitrogens with zero attached hydrogens (tertiary/aromatic N) is 3. The first-order valence-corrected chi connectivity index (χ1v) is 8.00. The van der Waals surface area contributed by atoms with Crippen LogP contribution in [-0.4, -0.2) is 34.6 Å². The summed E-state index contributed by atoms with van der Waals surface area (Å²) in [7, 11) is 1.66. The number of rotatable bonds is 6. The van der Waals surface area contributed by atoms with E-state index in [2.05, 4.69) is 10.1 Å². The van der Waals surface area contributed by atoms with Gasteiger partial charge in [-0.2, -0.15) is 4.98 Å². The Labute approximate surface area is 150 Å². The van der Waals surface area contributed by atoms with Crippen molar-refractivity contribution in [3.05, 3.63) is 65.5 Å². The minimum Gasteiger partial charge on any atom is -0.484 e. The molecule has 0 unspecified atom stereocenters. The molecular formula is C18H16ClN3O3. The second-order valence-electron chi connectivity index (χ2n) is 5.37. The molecule has 0 saturated carbocycles. The second kappa shape index (κ2) is 7.81. The molecule has 0 atom stereocenters. The fourth-order valence-corrected chi connectivity index (χ4v) is 2.22. The van der Waals surface area contributed by atoms with Crippen LogP contribution in [0.4, 0.5) is 0 Å². The second-order valence-corrected chi connectivity index (χ2v) is 5.81. The van der Waals surface area contributed by atoms with Gasteiger partial charge in [0, 0.05) is 17.6 Å². The summed E-state index contributed by atoms with van der Waals surface area (Å²) >= 11 is 5.86. The van der Waals surface area contributed by atoms with Gasteiger partial charge in [-0.15, -0.1) is 0 Å². The van der Waals surface area contributed by atoms with Crippen molar-refractivity contribution in [1.82, 2.24) is 15.0 Å². The van der Waals surface area contributed by atoms with Crippen LogP contribution in [0.15, 0.2) is 59.1 Å². The zero-order valence-corrected chi connectivity index (χ0v) is 14.3. The van der Waals surface area contributed by atoms with E-state index in [4.69, 9.17) is 20.9 Å². The van der Waals surface area contributed by atoms with E-state index in [1.807, 2.05) is 18.2 Å². The molecule has 1 heterocycles. The van der Waals surface area contributed by atoms with E-state index >= 15 is 0 Å². The lowest BCUT2D eigenvalue weighted by Crippen LogP contribution is -2.31. The molecule has 3 aromatic rings. The lowest BCUT2D eigenvalue weighted by atomic mass is 10.2. The molecule has 0 saturated heterocycles. The van der Waals surface area contributed by atoms with Gasteiger partial charge in [0.25, 0.3) is 5.91 Å². The van der Waals surface area contributed by atoms with Crippen LogP contribution in [0.25, 0.3) is 11.4 Å². The molecule has 0 radical (unpaired) electrons. The standard InChI is InChI=1S/C18H16ClN3O3/c1-22(17(23)12-24-15-5-3-2-4-6-15)11-16-20-18(21-25-16)13-7-9-14(19)10-8-13/h2-10H,11-12H2,1H3. The molecule has 128 valence electrons. The van der Waals surface area contributed by atoms with Gasteiger partial charge in [-0.1, -0.05) is 35.0 Å². The molecule has 0 aliphatic rings. The molecule has 0 aliphatic carbocycles. The van der Waals surface area contributed by atoms with Crippen LogP contribution < -0.4 is 4.74 Å². The summed E-state index contributed by atoms with van der Waals surface area (Å²) in [6.07, 6.45) is 0. The zero-order valence-electron chi connectivity index (χ0n) is 13.6. The van der Waals surface area contributed by atoms with Gasteiger partial charge in [-0.3, -0.25) is 4.79 Å². The molecular weight excluding hydrogens is 342 g/mol. The minimum absolute atomic E-state index is 0.0569. The largest absolute Gasteiger partial charge is 0.484 e. The number of benzene rings is 2. The van der Waals surface area contributed by atoms with Gasteiger partial charge >= 0.3 is 0 Å². The fraction of sp³-hybridized carbons (Fsp3) is 0.167. The van der Waals surface area contributed by atoms with Crippen molar-refractivity contribution >= 4 is 17.5 Å². The van der Waals surface area contributed by atoms with E-state index < -0.39 is 0 Å². The Morgan fingerprint density at radius 3 is 2.60 bits per heavy atom. The summed E-state index contributed by atoms with van der Waals surface area (Å²) in [5.74, 6) is 1.26. The predicted molar refractivity (Wildman–Crippen MR) is 93.2 cm³/mol. The van der Waals surface area contributed by atoms with E-state index in [1.54, 1.807) is 43.4 Å². The normalized spacial score (nSPS) is 10.5. The third-order valence-electron chi connectivity index (χ3n) is 3.47. The number of hydrogen-bond acceptors (Lipinski definition) is 5. The SMILES string of the molecule is CN(Cc1nc(-c2ccc(Cl)cc2)no1)C(=O)COc1ccccc1. The highest BCUT2D eigenvalue weighted by molar-refractivity contribution is 6.30. The predicted octanol–water partition coefficient (Wildman–Crippen LogP) is 3.43. The first kappa shape index (κ1) is 17.0. The summed E-state index contributed by atoms with van der Waals surface area (Å²) < 4.78 is 10.6. The van der Waals surface area contributed by atoms with Gasteiger partial charge in [0.2, 0.25) is 11.7 Å². The summed E-state index contributed by atoms with van der Waals surface area (Å²) in [6, 6.07) is 16.3. The first-order chi connectivity index (χ1) is 12.1. The van der Waals surface area contributed by atoms with Crippen LogP contribution in [0.1, 0.15) is 5.89 Å². The number of carbonyl (C=O) groups excluding carboxylic acids is 1. The Hall–Kier alpha value is -2.86. The quantitative estimate of drug-likeness (QED) is 0.676. The number of carbonyl (C=O) groups is 1. The van der Waals surface area contributed by atoms with E-state index in [-0.39, 0.29) is 19.1 Å². The molecule has 1 amide bonds. The highest BCUT2D eigenvalue weighted by Crippen LogP contribution is 2.19. The highest BCUT2D eigenvalue weighted by atomic mass is 35.5. The Kier molecular flexibility index (Phi) is 5.30. The molecule has 3 rings (SSSR count). The maximum Gasteiger partial charge on any atom is 0.260 e. The van der Waals surface area contributed by atoms with Crippen LogP contribution in [0.2, 0.25) is 5.02 Å². The van der Waals surface area contributed by atoms with Gasteiger partial charge in [-0.05, 0) is 36.4 Å². The van der Waals surface area contributed by atoms with Crippen molar-refractivity contribution < 1.29 is 14.1 Å². The molecule has 0 fully saturated rings. The van der Waals surface area contributed by atoms with Crippen LogP contribution in [-0.2, 0) is 11.3 Å². The fourth-order valence-electron chi connectivity index (χ4n) is 2.10. The molecule has 25 heavy (non-hydrogen) atoms. The molecule has 7 heteroatoms. The Morgan fingerprint density at radius 2 is 1.88 bits per heavy atom. The molecule has 0 bridgehead atoms. The number of para-hydroxylation sites is 1. The lowest BCUT2D eigenvalue weighted by molar-refractivity contribution is -0.132. The van der Waals surface area contributed by atoms with Crippen LogP contribution in [0.3, 0.4) is 0 Å². The highest BCUT2D eigenvalue weighted by Gasteiger charge is 2.15. The first-order valence-electron chi connectivity index (χ1n) is 7.62. The number of ether oxygens (including phenoxy) is 1. The van der Waals surface area contributed by atoms with Crippen molar-refractivity contribution in [2.45, 2.75) is 6.54 Å². The van der Waals surface area contributed by atoms with Crippen LogP contribution in [0, 0.1) is 0 Å². The minimum atomic E-state index is -0.185. The number of amides is 1. The number of halogens is 1. The molecule has 0 spiro atoms.